The number of hydrogen-bond acceptors (Lipinski definition) is 4. The highest BCUT2D eigenvalue weighted by molar-refractivity contribution is 6.60. The van der Waals surface area contributed by atoms with Gasteiger partial charge < -0.3 is 18.0 Å². The molecule has 0 aromatic carbocycles. The molecule has 1 saturated carbocycles. The Morgan fingerprint density at radius 2 is 1.48 bits per heavy atom. The van der Waals surface area contributed by atoms with Crippen molar-refractivity contribution in [2.75, 3.05) is 26.4 Å². The summed E-state index contributed by atoms with van der Waals surface area (Å²) < 4.78 is 23.6. The van der Waals surface area contributed by atoms with Crippen LogP contribution in [-0.4, -0.2) is 41.3 Å². The molecule has 0 spiro atoms. The van der Waals surface area contributed by atoms with Crippen molar-refractivity contribution in [3.8, 4) is 0 Å². The van der Waals surface area contributed by atoms with Gasteiger partial charge in [0.05, 0.1) is 6.10 Å². The summed E-state index contributed by atoms with van der Waals surface area (Å²) in [4.78, 5) is 0. The third-order valence-electron chi connectivity index (χ3n) is 4.09. The number of hydrogen-bond donors (Lipinski definition) is 0. The summed E-state index contributed by atoms with van der Waals surface area (Å²) in [7, 11) is -2.46. The van der Waals surface area contributed by atoms with Crippen molar-refractivity contribution in [2.45, 2.75) is 71.9 Å². The first-order valence-electron chi connectivity index (χ1n) is 8.73. The summed E-state index contributed by atoms with van der Waals surface area (Å²) in [6, 6.07) is 0.937. The fourth-order valence-corrected chi connectivity index (χ4v) is 6.04. The SMILES string of the molecule is CCOC1CCCC(CC[Si](OCC)(OCC)OCC)C1. The summed E-state index contributed by atoms with van der Waals surface area (Å²) in [5.41, 5.74) is 0. The largest absolute Gasteiger partial charge is 0.500 e. The van der Waals surface area contributed by atoms with Crippen LogP contribution in [0.2, 0.25) is 6.04 Å². The van der Waals surface area contributed by atoms with E-state index in [2.05, 4.69) is 6.92 Å². The van der Waals surface area contributed by atoms with Crippen LogP contribution in [0.15, 0.2) is 0 Å². The standard InChI is InChI=1S/C16H34O4Si/c1-5-17-16-11-9-10-15(14-16)12-13-21(18-6-2,19-7-3)20-8-4/h15-16H,5-14H2,1-4H3. The van der Waals surface area contributed by atoms with E-state index in [1.807, 2.05) is 20.8 Å². The molecule has 0 aromatic rings. The molecule has 1 rings (SSSR count). The molecular weight excluding hydrogens is 284 g/mol. The molecule has 2 unspecified atom stereocenters. The van der Waals surface area contributed by atoms with E-state index >= 15 is 0 Å². The maximum atomic E-state index is 5.94. The summed E-state index contributed by atoms with van der Waals surface area (Å²) in [5, 5.41) is 0. The number of ether oxygens (including phenoxy) is 1. The molecular formula is C16H34O4Si. The molecule has 126 valence electrons. The third kappa shape index (κ3) is 6.78. The molecule has 0 aliphatic heterocycles. The van der Waals surface area contributed by atoms with E-state index in [-0.39, 0.29) is 0 Å². The highest BCUT2D eigenvalue weighted by atomic mass is 28.4. The van der Waals surface area contributed by atoms with Crippen LogP contribution in [-0.2, 0) is 18.0 Å². The van der Waals surface area contributed by atoms with Crippen LogP contribution < -0.4 is 0 Å². The summed E-state index contributed by atoms with van der Waals surface area (Å²) in [6.45, 7) is 11.0. The van der Waals surface area contributed by atoms with Gasteiger partial charge in [-0.25, -0.2) is 0 Å². The summed E-state index contributed by atoms with van der Waals surface area (Å²) in [5.74, 6) is 0.726. The molecule has 0 saturated heterocycles. The molecule has 0 aromatic heterocycles. The van der Waals surface area contributed by atoms with E-state index < -0.39 is 8.80 Å². The molecule has 21 heavy (non-hydrogen) atoms. The second-order valence-electron chi connectivity index (χ2n) is 5.63. The van der Waals surface area contributed by atoms with Crippen LogP contribution in [0, 0.1) is 5.92 Å². The molecule has 0 amide bonds. The zero-order chi connectivity index (χ0) is 15.6. The van der Waals surface area contributed by atoms with E-state index in [9.17, 15) is 0 Å². The van der Waals surface area contributed by atoms with Gasteiger partial charge in [-0.2, -0.15) is 0 Å². The van der Waals surface area contributed by atoms with Gasteiger partial charge in [0.2, 0.25) is 0 Å². The van der Waals surface area contributed by atoms with Crippen LogP contribution in [0.1, 0.15) is 59.8 Å². The first kappa shape index (κ1) is 19.1. The van der Waals surface area contributed by atoms with Gasteiger partial charge in [-0.15, -0.1) is 0 Å². The topological polar surface area (TPSA) is 36.9 Å². The predicted octanol–water partition coefficient (Wildman–Crippen LogP) is 4.02. The smallest absolute Gasteiger partial charge is 0.378 e. The van der Waals surface area contributed by atoms with Gasteiger partial charge in [-0.05, 0) is 52.9 Å². The van der Waals surface area contributed by atoms with Crippen molar-refractivity contribution >= 4 is 8.80 Å². The van der Waals surface area contributed by atoms with Crippen molar-refractivity contribution in [3.63, 3.8) is 0 Å². The lowest BCUT2D eigenvalue weighted by Crippen LogP contribution is -2.46. The third-order valence-corrected chi connectivity index (χ3v) is 7.18. The van der Waals surface area contributed by atoms with E-state index in [1.54, 1.807) is 0 Å². The lowest BCUT2D eigenvalue weighted by atomic mass is 9.85. The minimum Gasteiger partial charge on any atom is -0.378 e. The van der Waals surface area contributed by atoms with Crippen LogP contribution in [0.4, 0.5) is 0 Å². The van der Waals surface area contributed by atoms with Crippen LogP contribution in [0.25, 0.3) is 0 Å². The Morgan fingerprint density at radius 3 is 2.00 bits per heavy atom. The second-order valence-corrected chi connectivity index (χ2v) is 8.36. The van der Waals surface area contributed by atoms with Gasteiger partial charge in [0.25, 0.3) is 0 Å². The van der Waals surface area contributed by atoms with Crippen molar-refractivity contribution in [1.82, 2.24) is 0 Å². The molecule has 5 heteroatoms. The summed E-state index contributed by atoms with van der Waals surface area (Å²) in [6.07, 6.45) is 6.57. The Bertz CT molecular complexity index is 244. The molecule has 0 heterocycles. The summed E-state index contributed by atoms with van der Waals surface area (Å²) >= 11 is 0. The van der Waals surface area contributed by atoms with Crippen molar-refractivity contribution in [2.24, 2.45) is 5.92 Å². The second kappa shape index (κ2) is 10.7. The molecule has 2 atom stereocenters. The van der Waals surface area contributed by atoms with Gasteiger partial charge >= 0.3 is 8.80 Å². The van der Waals surface area contributed by atoms with Crippen molar-refractivity contribution < 1.29 is 18.0 Å². The molecule has 0 bridgehead atoms. The van der Waals surface area contributed by atoms with E-state index in [1.165, 1.54) is 25.7 Å². The molecule has 1 fully saturated rings. The number of rotatable bonds is 11. The lowest BCUT2D eigenvalue weighted by molar-refractivity contribution is 0.0177. The molecule has 1 aliphatic carbocycles. The molecule has 1 aliphatic rings. The van der Waals surface area contributed by atoms with Gasteiger partial charge in [-0.1, -0.05) is 12.8 Å². The van der Waals surface area contributed by atoms with Crippen LogP contribution in [0.3, 0.4) is 0 Å². The Hall–Kier alpha value is 0.0569. The van der Waals surface area contributed by atoms with Crippen molar-refractivity contribution in [3.05, 3.63) is 0 Å². The van der Waals surface area contributed by atoms with E-state index in [4.69, 9.17) is 18.0 Å². The Balaban J connectivity index is 2.50. The van der Waals surface area contributed by atoms with Gasteiger partial charge in [-0.3, -0.25) is 0 Å². The van der Waals surface area contributed by atoms with Crippen molar-refractivity contribution in [1.29, 1.82) is 0 Å². The molecule has 0 N–H and O–H groups in total. The molecule has 0 radical (unpaired) electrons. The quantitative estimate of drug-likeness (QED) is 0.539. The average molecular weight is 319 g/mol. The van der Waals surface area contributed by atoms with Crippen LogP contribution in [0.5, 0.6) is 0 Å². The van der Waals surface area contributed by atoms with E-state index in [0.29, 0.717) is 25.9 Å². The average Bonchev–Trinajstić information content (AvgIpc) is 2.47. The Kier molecular flexibility index (Phi) is 9.76. The first-order chi connectivity index (χ1) is 10.2. The van der Waals surface area contributed by atoms with Gasteiger partial charge in [0.15, 0.2) is 0 Å². The fourth-order valence-electron chi connectivity index (χ4n) is 3.27. The Labute approximate surface area is 131 Å². The zero-order valence-electron chi connectivity index (χ0n) is 14.4. The fraction of sp³-hybridized carbons (Fsp3) is 1.00. The Morgan fingerprint density at radius 1 is 0.857 bits per heavy atom. The highest BCUT2D eigenvalue weighted by Crippen LogP contribution is 2.32. The lowest BCUT2D eigenvalue weighted by Gasteiger charge is -2.32. The monoisotopic (exact) mass is 318 g/mol. The van der Waals surface area contributed by atoms with Crippen LogP contribution >= 0.6 is 0 Å². The van der Waals surface area contributed by atoms with Gasteiger partial charge in [0.1, 0.15) is 0 Å². The first-order valence-corrected chi connectivity index (χ1v) is 10.7. The normalized spacial score (nSPS) is 23.4. The van der Waals surface area contributed by atoms with Gasteiger partial charge in [0, 0.05) is 32.5 Å². The minimum absolute atomic E-state index is 0.455. The van der Waals surface area contributed by atoms with E-state index in [0.717, 1.165) is 25.0 Å². The maximum Gasteiger partial charge on any atom is 0.500 e. The maximum absolute atomic E-state index is 5.94. The highest BCUT2D eigenvalue weighted by Gasteiger charge is 2.40. The minimum atomic E-state index is -2.46. The molecule has 4 nitrogen and oxygen atoms in total. The predicted molar refractivity (Wildman–Crippen MR) is 87.4 cm³/mol. The zero-order valence-corrected chi connectivity index (χ0v) is 15.4.